The van der Waals surface area contributed by atoms with Gasteiger partial charge in [-0.1, -0.05) is 54.1 Å². The highest BCUT2D eigenvalue weighted by Crippen LogP contribution is 2.30. The number of hydrogen-bond donors (Lipinski definition) is 3. The number of para-hydroxylation sites is 2. The maximum absolute atomic E-state index is 12.8. The first-order valence-corrected chi connectivity index (χ1v) is 9.67. The standard InChI is InChI=1S/C24H25N3O3/c1-16-11-13-18(14-12-16)30-22-10-6-5-9-20(22)26-23(28)15-21(27-24(25)29)19-8-4-3-7-17(19)2/h3-14,21H,15H2,1-2H3,(H,26,28)(H3,25,27,29). The van der Waals surface area contributed by atoms with Crippen molar-refractivity contribution in [2.24, 2.45) is 5.73 Å². The summed E-state index contributed by atoms with van der Waals surface area (Å²) in [4.78, 5) is 24.3. The molecular formula is C24H25N3O3. The zero-order chi connectivity index (χ0) is 21.5. The Hall–Kier alpha value is -3.80. The van der Waals surface area contributed by atoms with E-state index in [9.17, 15) is 9.59 Å². The number of nitrogens with one attached hydrogen (secondary N) is 2. The Labute approximate surface area is 176 Å². The van der Waals surface area contributed by atoms with Gasteiger partial charge in [-0.15, -0.1) is 0 Å². The number of aryl methyl sites for hydroxylation is 2. The molecule has 1 atom stereocenters. The fourth-order valence-electron chi connectivity index (χ4n) is 3.17. The topological polar surface area (TPSA) is 93.4 Å². The van der Waals surface area contributed by atoms with Crippen LogP contribution in [-0.4, -0.2) is 11.9 Å². The Bertz CT molecular complexity index is 1030. The molecule has 3 rings (SSSR count). The van der Waals surface area contributed by atoms with Gasteiger partial charge in [0.25, 0.3) is 0 Å². The van der Waals surface area contributed by atoms with E-state index in [0.29, 0.717) is 17.2 Å². The zero-order valence-electron chi connectivity index (χ0n) is 17.0. The Balaban J connectivity index is 1.75. The van der Waals surface area contributed by atoms with Crippen LogP contribution in [0.25, 0.3) is 0 Å². The van der Waals surface area contributed by atoms with Crippen LogP contribution in [0.3, 0.4) is 0 Å². The third kappa shape index (κ3) is 5.61. The highest BCUT2D eigenvalue weighted by molar-refractivity contribution is 5.93. The van der Waals surface area contributed by atoms with E-state index in [2.05, 4.69) is 10.6 Å². The Morgan fingerprint density at radius 3 is 2.30 bits per heavy atom. The number of ether oxygens (including phenoxy) is 1. The number of rotatable bonds is 7. The van der Waals surface area contributed by atoms with Gasteiger partial charge in [0.15, 0.2) is 5.75 Å². The summed E-state index contributed by atoms with van der Waals surface area (Å²) in [7, 11) is 0. The third-order valence-corrected chi connectivity index (χ3v) is 4.68. The lowest BCUT2D eigenvalue weighted by Gasteiger charge is -2.20. The van der Waals surface area contributed by atoms with Gasteiger partial charge in [0.1, 0.15) is 5.75 Å². The molecule has 6 heteroatoms. The number of anilines is 1. The maximum Gasteiger partial charge on any atom is 0.312 e. The van der Waals surface area contributed by atoms with Gasteiger partial charge in [0.05, 0.1) is 18.2 Å². The van der Waals surface area contributed by atoms with Gasteiger partial charge >= 0.3 is 6.03 Å². The van der Waals surface area contributed by atoms with Gasteiger partial charge < -0.3 is 21.1 Å². The molecule has 1 unspecified atom stereocenters. The van der Waals surface area contributed by atoms with Crippen LogP contribution in [0.4, 0.5) is 10.5 Å². The highest BCUT2D eigenvalue weighted by Gasteiger charge is 2.20. The SMILES string of the molecule is Cc1ccc(Oc2ccccc2NC(=O)CC(NC(N)=O)c2ccccc2C)cc1. The number of hydrogen-bond acceptors (Lipinski definition) is 3. The van der Waals surface area contributed by atoms with Crippen LogP contribution in [0.5, 0.6) is 11.5 Å². The molecule has 0 fully saturated rings. The lowest BCUT2D eigenvalue weighted by Crippen LogP contribution is -2.35. The first kappa shape index (κ1) is 20.9. The Morgan fingerprint density at radius 2 is 1.60 bits per heavy atom. The number of amides is 3. The van der Waals surface area contributed by atoms with Crippen LogP contribution in [-0.2, 0) is 4.79 Å². The molecular weight excluding hydrogens is 378 g/mol. The smallest absolute Gasteiger partial charge is 0.312 e. The molecule has 30 heavy (non-hydrogen) atoms. The predicted octanol–water partition coefficient (Wildman–Crippen LogP) is 4.83. The van der Waals surface area contributed by atoms with Crippen molar-refractivity contribution in [2.75, 3.05) is 5.32 Å². The van der Waals surface area contributed by atoms with Crippen LogP contribution in [0.15, 0.2) is 72.8 Å². The number of carbonyl (C=O) groups excluding carboxylic acids is 2. The van der Waals surface area contributed by atoms with E-state index in [0.717, 1.165) is 16.7 Å². The molecule has 3 amide bonds. The fraction of sp³-hybridized carbons (Fsp3) is 0.167. The highest BCUT2D eigenvalue weighted by atomic mass is 16.5. The van der Waals surface area contributed by atoms with Crippen LogP contribution in [0.1, 0.15) is 29.2 Å². The molecule has 0 saturated carbocycles. The molecule has 0 radical (unpaired) electrons. The second kappa shape index (κ2) is 9.60. The minimum Gasteiger partial charge on any atom is -0.455 e. The van der Waals surface area contributed by atoms with E-state index in [4.69, 9.17) is 10.5 Å². The largest absolute Gasteiger partial charge is 0.455 e. The zero-order valence-corrected chi connectivity index (χ0v) is 17.0. The summed E-state index contributed by atoms with van der Waals surface area (Å²) < 4.78 is 5.93. The molecule has 0 aliphatic carbocycles. The van der Waals surface area contributed by atoms with Crippen molar-refractivity contribution >= 4 is 17.6 Å². The molecule has 0 aliphatic heterocycles. The maximum atomic E-state index is 12.8. The predicted molar refractivity (Wildman–Crippen MR) is 118 cm³/mol. The molecule has 3 aromatic carbocycles. The summed E-state index contributed by atoms with van der Waals surface area (Å²) in [5, 5.41) is 5.54. The first-order chi connectivity index (χ1) is 14.4. The van der Waals surface area contributed by atoms with Crippen molar-refractivity contribution in [2.45, 2.75) is 26.3 Å². The number of nitrogens with two attached hydrogens (primary N) is 1. The number of primary amides is 1. The van der Waals surface area contributed by atoms with Gasteiger partial charge in [-0.3, -0.25) is 4.79 Å². The van der Waals surface area contributed by atoms with E-state index in [-0.39, 0.29) is 12.3 Å². The average Bonchev–Trinajstić information content (AvgIpc) is 2.71. The molecule has 0 aliphatic rings. The summed E-state index contributed by atoms with van der Waals surface area (Å²) >= 11 is 0. The molecule has 0 aromatic heterocycles. The molecule has 3 aromatic rings. The number of urea groups is 1. The Morgan fingerprint density at radius 1 is 0.933 bits per heavy atom. The summed E-state index contributed by atoms with van der Waals surface area (Å²) in [6, 6.07) is 21.2. The van der Waals surface area contributed by atoms with Crippen LogP contribution in [0, 0.1) is 13.8 Å². The lowest BCUT2D eigenvalue weighted by molar-refractivity contribution is -0.116. The van der Waals surface area contributed by atoms with Crippen LogP contribution < -0.4 is 21.1 Å². The first-order valence-electron chi connectivity index (χ1n) is 9.67. The summed E-state index contributed by atoms with van der Waals surface area (Å²) in [5.41, 5.74) is 8.82. The molecule has 6 nitrogen and oxygen atoms in total. The monoisotopic (exact) mass is 403 g/mol. The van der Waals surface area contributed by atoms with E-state index in [1.54, 1.807) is 12.1 Å². The molecule has 0 spiro atoms. The van der Waals surface area contributed by atoms with Crippen molar-refractivity contribution in [3.05, 3.63) is 89.5 Å². The summed E-state index contributed by atoms with van der Waals surface area (Å²) in [6.45, 7) is 3.93. The number of benzene rings is 3. The quantitative estimate of drug-likeness (QED) is 0.527. The van der Waals surface area contributed by atoms with E-state index in [1.807, 2.05) is 74.5 Å². The average molecular weight is 403 g/mol. The van der Waals surface area contributed by atoms with Gasteiger partial charge in [0.2, 0.25) is 5.91 Å². The minimum absolute atomic E-state index is 0.0344. The molecule has 154 valence electrons. The van der Waals surface area contributed by atoms with Crippen molar-refractivity contribution in [1.82, 2.24) is 5.32 Å². The van der Waals surface area contributed by atoms with Crippen molar-refractivity contribution in [3.63, 3.8) is 0 Å². The Kier molecular flexibility index (Phi) is 6.70. The molecule has 0 bridgehead atoms. The third-order valence-electron chi connectivity index (χ3n) is 4.68. The fourth-order valence-corrected chi connectivity index (χ4v) is 3.17. The second-order valence-electron chi connectivity index (χ2n) is 7.08. The van der Waals surface area contributed by atoms with E-state index in [1.165, 1.54) is 0 Å². The van der Waals surface area contributed by atoms with Gasteiger partial charge in [-0.25, -0.2) is 4.79 Å². The minimum atomic E-state index is -0.681. The molecule has 0 saturated heterocycles. The van der Waals surface area contributed by atoms with E-state index >= 15 is 0 Å². The van der Waals surface area contributed by atoms with Gasteiger partial charge in [0, 0.05) is 0 Å². The summed E-state index contributed by atoms with van der Waals surface area (Å²) in [6.07, 6.45) is 0.0344. The van der Waals surface area contributed by atoms with Crippen LogP contribution >= 0.6 is 0 Å². The second-order valence-corrected chi connectivity index (χ2v) is 7.08. The summed E-state index contributed by atoms with van der Waals surface area (Å²) in [5.74, 6) is 0.942. The normalized spacial score (nSPS) is 11.4. The molecule has 0 heterocycles. The van der Waals surface area contributed by atoms with Crippen molar-refractivity contribution in [1.29, 1.82) is 0 Å². The van der Waals surface area contributed by atoms with Crippen molar-refractivity contribution in [3.8, 4) is 11.5 Å². The lowest BCUT2D eigenvalue weighted by atomic mass is 9.98. The molecule has 4 N–H and O–H groups in total. The van der Waals surface area contributed by atoms with E-state index < -0.39 is 12.1 Å². The van der Waals surface area contributed by atoms with Crippen LogP contribution in [0.2, 0.25) is 0 Å². The van der Waals surface area contributed by atoms with Gasteiger partial charge in [-0.2, -0.15) is 0 Å². The number of carbonyl (C=O) groups is 2. The van der Waals surface area contributed by atoms with Crippen molar-refractivity contribution < 1.29 is 14.3 Å². The van der Waals surface area contributed by atoms with Gasteiger partial charge in [-0.05, 0) is 49.2 Å².